The third-order valence-corrected chi connectivity index (χ3v) is 1.99. The molecule has 2 heterocycles. The Hall–Kier alpha value is -1.55. The van der Waals surface area contributed by atoms with Gasteiger partial charge in [0.05, 0.1) is 11.4 Å². The molecule has 5 heteroatoms. The maximum Gasteiger partial charge on any atom is 0.162 e. The van der Waals surface area contributed by atoms with E-state index in [9.17, 15) is 0 Å². The molecule has 0 aromatic carbocycles. The van der Waals surface area contributed by atoms with Gasteiger partial charge in [-0.15, -0.1) is 11.6 Å². The quantitative estimate of drug-likeness (QED) is 0.702. The van der Waals surface area contributed by atoms with Crippen molar-refractivity contribution in [1.82, 2.24) is 19.9 Å². The van der Waals surface area contributed by atoms with Crippen LogP contribution in [0.15, 0.2) is 31.1 Å². The van der Waals surface area contributed by atoms with Crippen molar-refractivity contribution in [2.45, 2.75) is 5.88 Å². The van der Waals surface area contributed by atoms with Gasteiger partial charge in [-0.1, -0.05) is 0 Å². The van der Waals surface area contributed by atoms with E-state index in [1.807, 2.05) is 0 Å². The summed E-state index contributed by atoms with van der Waals surface area (Å²) < 4.78 is 0. The Kier molecular flexibility index (Phi) is 2.65. The van der Waals surface area contributed by atoms with E-state index in [-0.39, 0.29) is 0 Å². The molecule has 0 atom stereocenters. The van der Waals surface area contributed by atoms with Gasteiger partial charge in [-0.3, -0.25) is 0 Å². The average molecular weight is 207 g/mol. The first-order valence-corrected chi connectivity index (χ1v) is 4.56. The maximum atomic E-state index is 5.62. The minimum absolute atomic E-state index is 0.422. The van der Waals surface area contributed by atoms with Crippen LogP contribution in [-0.4, -0.2) is 19.9 Å². The Balaban J connectivity index is 2.34. The highest BCUT2D eigenvalue weighted by molar-refractivity contribution is 6.17. The summed E-state index contributed by atoms with van der Waals surface area (Å²) in [5.74, 6) is 1.03. The van der Waals surface area contributed by atoms with Gasteiger partial charge in [0.1, 0.15) is 6.33 Å². The lowest BCUT2D eigenvalue weighted by atomic mass is 10.3. The van der Waals surface area contributed by atoms with Crippen LogP contribution in [0, 0.1) is 0 Å². The number of halogens is 1. The number of hydrogen-bond acceptors (Lipinski definition) is 4. The molecule has 0 unspecified atom stereocenters. The van der Waals surface area contributed by atoms with Gasteiger partial charge in [-0.25, -0.2) is 19.9 Å². The fourth-order valence-electron chi connectivity index (χ4n) is 0.987. The molecule has 70 valence electrons. The summed E-state index contributed by atoms with van der Waals surface area (Å²) in [6.07, 6.45) is 8.20. The molecule has 2 rings (SSSR count). The van der Waals surface area contributed by atoms with Crippen LogP contribution in [0.1, 0.15) is 5.56 Å². The summed E-state index contributed by atoms with van der Waals surface area (Å²) in [6.45, 7) is 0. The van der Waals surface area contributed by atoms with Crippen molar-refractivity contribution in [1.29, 1.82) is 0 Å². The van der Waals surface area contributed by atoms with Gasteiger partial charge in [-0.2, -0.15) is 0 Å². The summed E-state index contributed by atoms with van der Waals surface area (Å²) in [5.41, 5.74) is 1.70. The van der Waals surface area contributed by atoms with Crippen molar-refractivity contribution in [3.63, 3.8) is 0 Å². The van der Waals surface area contributed by atoms with Crippen LogP contribution in [0.2, 0.25) is 0 Å². The molecule has 14 heavy (non-hydrogen) atoms. The van der Waals surface area contributed by atoms with Crippen molar-refractivity contribution < 1.29 is 0 Å². The summed E-state index contributed by atoms with van der Waals surface area (Å²) in [5, 5.41) is 0. The van der Waals surface area contributed by atoms with Crippen molar-refractivity contribution in [2.75, 3.05) is 0 Å². The Morgan fingerprint density at radius 1 is 1.00 bits per heavy atom. The first kappa shape index (κ1) is 9.02. The zero-order valence-corrected chi connectivity index (χ0v) is 8.02. The Morgan fingerprint density at radius 2 is 1.64 bits per heavy atom. The van der Waals surface area contributed by atoms with Crippen LogP contribution in [-0.2, 0) is 5.88 Å². The van der Waals surface area contributed by atoms with Crippen molar-refractivity contribution in [3.05, 3.63) is 36.7 Å². The molecule has 0 N–H and O–H groups in total. The van der Waals surface area contributed by atoms with Crippen molar-refractivity contribution >= 4 is 11.6 Å². The van der Waals surface area contributed by atoms with Crippen LogP contribution in [0.3, 0.4) is 0 Å². The minimum Gasteiger partial charge on any atom is -0.244 e. The van der Waals surface area contributed by atoms with E-state index in [0.29, 0.717) is 11.7 Å². The van der Waals surface area contributed by atoms with Crippen molar-refractivity contribution in [2.24, 2.45) is 0 Å². The number of rotatable bonds is 2. The van der Waals surface area contributed by atoms with Gasteiger partial charge >= 0.3 is 0 Å². The Morgan fingerprint density at radius 3 is 2.21 bits per heavy atom. The van der Waals surface area contributed by atoms with E-state index in [1.54, 1.807) is 24.8 Å². The predicted molar refractivity (Wildman–Crippen MR) is 52.6 cm³/mol. The smallest absolute Gasteiger partial charge is 0.162 e. The van der Waals surface area contributed by atoms with Crippen LogP contribution < -0.4 is 0 Å². The lowest BCUT2D eigenvalue weighted by molar-refractivity contribution is 1.10. The number of hydrogen-bond donors (Lipinski definition) is 0. The lowest BCUT2D eigenvalue weighted by Gasteiger charge is -1.98. The SMILES string of the molecule is ClCc1cnc(-c2cncnc2)nc1. The summed E-state index contributed by atoms with van der Waals surface area (Å²) >= 11 is 5.62. The number of aromatic nitrogens is 4. The standard InChI is InChI=1S/C9H7ClN4/c10-1-7-2-13-9(14-3-7)8-4-11-6-12-5-8/h2-6H,1H2. The second-order valence-corrected chi connectivity index (χ2v) is 2.94. The molecular formula is C9H7ClN4. The topological polar surface area (TPSA) is 51.6 Å². The van der Waals surface area contributed by atoms with E-state index in [2.05, 4.69) is 19.9 Å². The van der Waals surface area contributed by atoms with E-state index in [4.69, 9.17) is 11.6 Å². The monoisotopic (exact) mass is 206 g/mol. The van der Waals surface area contributed by atoms with E-state index in [0.717, 1.165) is 11.1 Å². The van der Waals surface area contributed by atoms with Crippen molar-refractivity contribution in [3.8, 4) is 11.4 Å². The summed E-state index contributed by atoms with van der Waals surface area (Å²) in [7, 11) is 0. The van der Waals surface area contributed by atoms with Crippen LogP contribution in [0.25, 0.3) is 11.4 Å². The second kappa shape index (κ2) is 4.11. The lowest BCUT2D eigenvalue weighted by Crippen LogP contribution is -1.91. The highest BCUT2D eigenvalue weighted by atomic mass is 35.5. The molecule has 0 aliphatic heterocycles. The van der Waals surface area contributed by atoms with Gasteiger partial charge in [0, 0.05) is 30.4 Å². The third kappa shape index (κ3) is 1.85. The predicted octanol–water partition coefficient (Wildman–Crippen LogP) is 1.67. The molecule has 0 amide bonds. The summed E-state index contributed by atoms with van der Waals surface area (Å²) in [4.78, 5) is 16.1. The minimum atomic E-state index is 0.422. The van der Waals surface area contributed by atoms with Gasteiger partial charge in [0.25, 0.3) is 0 Å². The zero-order chi connectivity index (χ0) is 9.80. The number of nitrogens with zero attached hydrogens (tertiary/aromatic N) is 4. The van der Waals surface area contributed by atoms with Gasteiger partial charge < -0.3 is 0 Å². The molecule has 0 radical (unpaired) electrons. The molecular weight excluding hydrogens is 200 g/mol. The van der Waals surface area contributed by atoms with Crippen LogP contribution in [0.4, 0.5) is 0 Å². The first-order valence-electron chi connectivity index (χ1n) is 4.02. The number of alkyl halides is 1. The van der Waals surface area contributed by atoms with E-state index >= 15 is 0 Å². The molecule has 2 aromatic heterocycles. The highest BCUT2D eigenvalue weighted by Crippen LogP contribution is 2.11. The van der Waals surface area contributed by atoms with E-state index in [1.165, 1.54) is 6.33 Å². The Bertz CT molecular complexity index is 401. The molecule has 0 aliphatic carbocycles. The fourth-order valence-corrected chi connectivity index (χ4v) is 1.13. The molecule has 2 aromatic rings. The molecule has 0 aliphatic rings. The molecule has 0 saturated carbocycles. The molecule has 4 nitrogen and oxygen atoms in total. The van der Waals surface area contributed by atoms with Gasteiger partial charge in [0.2, 0.25) is 0 Å². The fraction of sp³-hybridized carbons (Fsp3) is 0.111. The Labute approximate surface area is 86.0 Å². The highest BCUT2D eigenvalue weighted by Gasteiger charge is 2.00. The third-order valence-electron chi connectivity index (χ3n) is 1.68. The summed E-state index contributed by atoms with van der Waals surface area (Å²) in [6, 6.07) is 0. The average Bonchev–Trinajstić information content (AvgIpc) is 2.30. The van der Waals surface area contributed by atoms with Crippen LogP contribution >= 0.6 is 11.6 Å². The molecule has 0 fully saturated rings. The largest absolute Gasteiger partial charge is 0.244 e. The molecule has 0 spiro atoms. The van der Waals surface area contributed by atoms with Gasteiger partial charge in [0.15, 0.2) is 5.82 Å². The zero-order valence-electron chi connectivity index (χ0n) is 7.26. The van der Waals surface area contributed by atoms with Crippen LogP contribution in [0.5, 0.6) is 0 Å². The van der Waals surface area contributed by atoms with Gasteiger partial charge in [-0.05, 0) is 0 Å². The normalized spacial score (nSPS) is 10.1. The molecule has 0 saturated heterocycles. The first-order chi connectivity index (χ1) is 6.90. The molecule has 0 bridgehead atoms. The maximum absolute atomic E-state index is 5.62. The second-order valence-electron chi connectivity index (χ2n) is 2.68. The van der Waals surface area contributed by atoms with E-state index < -0.39 is 0 Å².